The Labute approximate surface area is 167 Å². The van der Waals surface area contributed by atoms with Crippen LogP contribution in [0, 0.1) is 0 Å². The molecule has 0 aromatic carbocycles. The lowest BCUT2D eigenvalue weighted by Gasteiger charge is -2.30. The Hall–Kier alpha value is -2.62. The Morgan fingerprint density at radius 3 is 2.55 bits per heavy atom. The molecule has 1 saturated carbocycles. The lowest BCUT2D eigenvalue weighted by Crippen LogP contribution is -2.38. The third-order valence-corrected chi connectivity index (χ3v) is 5.91. The molecule has 29 heavy (non-hydrogen) atoms. The van der Waals surface area contributed by atoms with Crippen molar-refractivity contribution in [2.24, 2.45) is 0 Å². The van der Waals surface area contributed by atoms with Crippen molar-refractivity contribution in [2.45, 2.75) is 37.6 Å². The smallest absolute Gasteiger partial charge is 0.250 e. The van der Waals surface area contributed by atoms with E-state index in [2.05, 4.69) is 14.9 Å². The molecule has 3 aliphatic rings. The molecule has 2 fully saturated rings. The van der Waals surface area contributed by atoms with Gasteiger partial charge in [0, 0.05) is 62.0 Å². The number of ether oxygens (including phenoxy) is 1. The van der Waals surface area contributed by atoms with Crippen molar-refractivity contribution in [3.05, 3.63) is 18.0 Å². The summed E-state index contributed by atoms with van der Waals surface area (Å²) in [6, 6.07) is -0.200. The molecule has 0 bridgehead atoms. The Balaban J connectivity index is 1.57. The number of alkyl halides is 2. The number of rotatable bonds is 3. The zero-order valence-corrected chi connectivity index (χ0v) is 16.0. The van der Waals surface area contributed by atoms with Gasteiger partial charge in [-0.15, -0.1) is 0 Å². The van der Waals surface area contributed by atoms with Crippen LogP contribution in [0.5, 0.6) is 0 Å². The molecule has 0 amide bonds. The maximum absolute atomic E-state index is 13.9. The summed E-state index contributed by atoms with van der Waals surface area (Å²) in [6.07, 6.45) is 4.30. The van der Waals surface area contributed by atoms with Crippen LogP contribution in [0.25, 0.3) is 11.3 Å². The van der Waals surface area contributed by atoms with E-state index in [9.17, 15) is 8.78 Å². The van der Waals surface area contributed by atoms with Crippen molar-refractivity contribution in [3.8, 4) is 11.3 Å². The van der Waals surface area contributed by atoms with Crippen LogP contribution in [0.3, 0.4) is 0 Å². The summed E-state index contributed by atoms with van der Waals surface area (Å²) in [7, 11) is 0. The lowest BCUT2D eigenvalue weighted by atomic mass is 10.1. The first-order valence-corrected chi connectivity index (χ1v) is 9.96. The van der Waals surface area contributed by atoms with Gasteiger partial charge >= 0.3 is 0 Å². The van der Waals surface area contributed by atoms with Crippen LogP contribution < -0.4 is 15.5 Å². The Morgan fingerprint density at radius 2 is 1.86 bits per heavy atom. The van der Waals surface area contributed by atoms with E-state index < -0.39 is 5.92 Å². The van der Waals surface area contributed by atoms with Crippen LogP contribution in [-0.2, 0) is 11.2 Å². The van der Waals surface area contributed by atoms with E-state index in [1.807, 2.05) is 4.90 Å². The van der Waals surface area contributed by atoms with Crippen LogP contribution >= 0.6 is 0 Å². The van der Waals surface area contributed by atoms with Crippen LogP contribution in [-0.4, -0.2) is 64.7 Å². The number of hydrogen-bond donors (Lipinski definition) is 1. The van der Waals surface area contributed by atoms with Gasteiger partial charge in [0.15, 0.2) is 0 Å². The van der Waals surface area contributed by atoms with Gasteiger partial charge in [-0.2, -0.15) is 4.98 Å². The van der Waals surface area contributed by atoms with Crippen LogP contribution in [0.15, 0.2) is 12.4 Å². The highest BCUT2D eigenvalue weighted by Gasteiger charge is 2.44. The number of halogens is 2. The molecule has 2 N–H and O–H groups in total. The van der Waals surface area contributed by atoms with Crippen LogP contribution in [0.1, 0.15) is 24.8 Å². The predicted molar refractivity (Wildman–Crippen MR) is 104 cm³/mol. The number of morpholine rings is 1. The monoisotopic (exact) mass is 403 g/mol. The summed E-state index contributed by atoms with van der Waals surface area (Å²) in [4.78, 5) is 22.0. The summed E-state index contributed by atoms with van der Waals surface area (Å²) >= 11 is 0. The number of nitrogen functional groups attached to an aromatic ring is 1. The fourth-order valence-corrected chi connectivity index (χ4v) is 4.42. The molecule has 5 rings (SSSR count). The van der Waals surface area contributed by atoms with Gasteiger partial charge in [0.1, 0.15) is 5.82 Å². The summed E-state index contributed by atoms with van der Waals surface area (Å²) in [5.74, 6) is -1.05. The van der Waals surface area contributed by atoms with Gasteiger partial charge < -0.3 is 20.3 Å². The number of anilines is 3. The summed E-state index contributed by atoms with van der Waals surface area (Å²) in [5, 5.41) is 0. The lowest BCUT2D eigenvalue weighted by molar-refractivity contribution is 0.00779. The Bertz CT molecular complexity index is 902. The quantitative estimate of drug-likeness (QED) is 0.831. The zero-order chi connectivity index (χ0) is 20.0. The van der Waals surface area contributed by atoms with Gasteiger partial charge in [0.25, 0.3) is 0 Å². The van der Waals surface area contributed by atoms with Gasteiger partial charge in [0.2, 0.25) is 17.8 Å². The number of aromatic nitrogens is 4. The molecule has 10 heteroatoms. The molecule has 2 aromatic heterocycles. The van der Waals surface area contributed by atoms with E-state index >= 15 is 0 Å². The second-order valence-corrected chi connectivity index (χ2v) is 7.80. The zero-order valence-electron chi connectivity index (χ0n) is 16.0. The highest BCUT2D eigenvalue weighted by Crippen LogP contribution is 2.43. The van der Waals surface area contributed by atoms with Crippen molar-refractivity contribution in [2.75, 3.05) is 48.4 Å². The molecule has 154 valence electrons. The van der Waals surface area contributed by atoms with Gasteiger partial charge in [-0.3, -0.25) is 0 Å². The molecule has 0 spiro atoms. The fourth-order valence-electron chi connectivity index (χ4n) is 4.42. The predicted octanol–water partition coefficient (Wildman–Crippen LogP) is 1.90. The normalized spacial score (nSPS) is 23.4. The minimum atomic E-state index is -2.60. The molecular formula is C19H23F2N7O. The molecule has 8 nitrogen and oxygen atoms in total. The maximum Gasteiger partial charge on any atom is 0.250 e. The van der Waals surface area contributed by atoms with Crippen LogP contribution in [0.4, 0.5) is 26.5 Å². The number of nitrogens with two attached hydrogens (primary N) is 1. The SMILES string of the molecule is Nc1ncc(-c2nc(N3CCOCC3)nc3c2CCN3[C@H]2CCC(F)(F)C2)cn1. The maximum atomic E-state index is 13.9. The average molecular weight is 403 g/mol. The second kappa shape index (κ2) is 7.01. The number of hydrogen-bond acceptors (Lipinski definition) is 8. The topological polar surface area (TPSA) is 93.3 Å². The van der Waals surface area contributed by atoms with Gasteiger partial charge in [-0.1, -0.05) is 0 Å². The molecule has 0 radical (unpaired) electrons. The Morgan fingerprint density at radius 1 is 1.10 bits per heavy atom. The first-order chi connectivity index (χ1) is 14.0. The Kier molecular flexibility index (Phi) is 4.45. The molecule has 1 saturated heterocycles. The minimum absolute atomic E-state index is 0.0659. The third-order valence-electron chi connectivity index (χ3n) is 5.91. The van der Waals surface area contributed by atoms with Crippen molar-refractivity contribution in [3.63, 3.8) is 0 Å². The standard InChI is InChI=1S/C19H23F2N7O/c20-19(21)3-1-13(9-19)28-4-2-14-15(12-10-23-17(22)24-11-12)25-18(26-16(14)28)27-5-7-29-8-6-27/h10-11,13H,1-9H2,(H2,22,23,24)/t13-/m0/s1. The third kappa shape index (κ3) is 3.45. The summed E-state index contributed by atoms with van der Waals surface area (Å²) in [6.45, 7) is 3.27. The molecular weight excluding hydrogens is 380 g/mol. The molecule has 1 atom stereocenters. The summed E-state index contributed by atoms with van der Waals surface area (Å²) < 4.78 is 33.2. The van der Waals surface area contributed by atoms with Gasteiger partial charge in [0.05, 0.1) is 18.9 Å². The molecule has 1 aliphatic carbocycles. The van der Waals surface area contributed by atoms with E-state index in [1.165, 1.54) is 0 Å². The second-order valence-electron chi connectivity index (χ2n) is 7.80. The van der Waals surface area contributed by atoms with E-state index in [0.717, 1.165) is 22.6 Å². The van der Waals surface area contributed by atoms with E-state index in [4.69, 9.17) is 20.4 Å². The fraction of sp³-hybridized carbons (Fsp3) is 0.579. The molecule has 4 heterocycles. The van der Waals surface area contributed by atoms with Crippen molar-refractivity contribution < 1.29 is 13.5 Å². The van der Waals surface area contributed by atoms with Gasteiger partial charge in [-0.05, 0) is 12.8 Å². The van der Waals surface area contributed by atoms with E-state index in [1.54, 1.807) is 12.4 Å². The van der Waals surface area contributed by atoms with Crippen molar-refractivity contribution in [1.29, 1.82) is 0 Å². The van der Waals surface area contributed by atoms with Gasteiger partial charge in [-0.25, -0.2) is 23.7 Å². The molecule has 2 aromatic rings. The highest BCUT2D eigenvalue weighted by atomic mass is 19.3. The summed E-state index contributed by atoms with van der Waals surface area (Å²) in [5.41, 5.74) is 8.11. The first kappa shape index (κ1) is 18.4. The first-order valence-electron chi connectivity index (χ1n) is 9.96. The van der Waals surface area contributed by atoms with Crippen molar-refractivity contribution in [1.82, 2.24) is 19.9 Å². The average Bonchev–Trinajstić information content (AvgIpc) is 3.31. The minimum Gasteiger partial charge on any atom is -0.378 e. The van der Waals surface area contributed by atoms with Crippen LogP contribution in [0.2, 0.25) is 0 Å². The molecule has 0 unspecified atom stereocenters. The number of fused-ring (bicyclic) bond motifs is 1. The van der Waals surface area contributed by atoms with E-state index in [0.29, 0.717) is 51.6 Å². The number of nitrogens with zero attached hydrogens (tertiary/aromatic N) is 6. The van der Waals surface area contributed by atoms with Crippen molar-refractivity contribution >= 4 is 17.7 Å². The molecule has 2 aliphatic heterocycles. The largest absolute Gasteiger partial charge is 0.378 e. The van der Waals surface area contributed by atoms with E-state index in [-0.39, 0.29) is 24.8 Å². The highest BCUT2D eigenvalue weighted by molar-refractivity contribution is 5.72.